The van der Waals surface area contributed by atoms with Crippen molar-refractivity contribution in [3.8, 4) is 0 Å². The van der Waals surface area contributed by atoms with Gasteiger partial charge in [-0.25, -0.2) is 9.97 Å². The Morgan fingerprint density at radius 3 is 2.33 bits per heavy atom. The van der Waals surface area contributed by atoms with Crippen LogP contribution in [-0.4, -0.2) is 58.8 Å². The summed E-state index contributed by atoms with van der Waals surface area (Å²) >= 11 is 0. The highest BCUT2D eigenvalue weighted by Gasteiger charge is 2.39. The minimum atomic E-state index is 0.249. The van der Waals surface area contributed by atoms with E-state index in [-0.39, 0.29) is 11.8 Å². The highest BCUT2D eigenvalue weighted by atomic mass is 16.2. The molecule has 1 saturated carbocycles. The molecule has 1 spiro atoms. The number of amides is 2. The molecule has 6 heteroatoms. The summed E-state index contributed by atoms with van der Waals surface area (Å²) in [6, 6.07) is 0. The van der Waals surface area contributed by atoms with Crippen LogP contribution < -0.4 is 0 Å². The molecule has 0 unspecified atom stereocenters. The molecular weight excluding hydrogens is 340 g/mol. The molecule has 0 N–H and O–H groups in total. The highest BCUT2D eigenvalue weighted by Crippen LogP contribution is 2.47. The molecule has 2 amide bonds. The van der Waals surface area contributed by atoms with Crippen LogP contribution in [0.3, 0.4) is 0 Å². The van der Waals surface area contributed by atoms with Crippen LogP contribution in [0.1, 0.15) is 56.9 Å². The molecule has 0 atom stereocenters. The van der Waals surface area contributed by atoms with Crippen molar-refractivity contribution in [2.45, 2.75) is 57.8 Å². The van der Waals surface area contributed by atoms with E-state index in [0.717, 1.165) is 44.3 Å². The molecule has 1 saturated heterocycles. The molecule has 1 aromatic rings. The summed E-state index contributed by atoms with van der Waals surface area (Å²) < 4.78 is 0. The second kappa shape index (κ2) is 8.81. The quantitative estimate of drug-likeness (QED) is 0.797. The third-order valence-electron chi connectivity index (χ3n) is 6.55. The van der Waals surface area contributed by atoms with Gasteiger partial charge in [0.1, 0.15) is 6.33 Å². The lowest BCUT2D eigenvalue weighted by atomic mass is 9.65. The van der Waals surface area contributed by atoms with Gasteiger partial charge in [0.05, 0.1) is 0 Å². The largest absolute Gasteiger partial charge is 0.349 e. The Balaban J connectivity index is 1.41. The van der Waals surface area contributed by atoms with Gasteiger partial charge in [0, 0.05) is 52.4 Å². The summed E-state index contributed by atoms with van der Waals surface area (Å²) in [4.78, 5) is 36.2. The predicted molar refractivity (Wildman–Crippen MR) is 104 cm³/mol. The summed E-state index contributed by atoms with van der Waals surface area (Å²) in [5, 5.41) is 0. The molecule has 2 aliphatic rings. The zero-order valence-corrected chi connectivity index (χ0v) is 16.7. The van der Waals surface area contributed by atoms with Crippen molar-refractivity contribution in [2.24, 2.45) is 11.3 Å². The molecule has 148 valence electrons. The Bertz CT molecular complexity index is 629. The van der Waals surface area contributed by atoms with E-state index in [9.17, 15) is 9.59 Å². The third kappa shape index (κ3) is 5.27. The van der Waals surface area contributed by atoms with Crippen LogP contribution in [-0.2, 0) is 16.0 Å². The highest BCUT2D eigenvalue weighted by molar-refractivity contribution is 5.76. The van der Waals surface area contributed by atoms with Crippen LogP contribution in [0.5, 0.6) is 0 Å². The lowest BCUT2D eigenvalue weighted by Crippen LogP contribution is -2.44. The first kappa shape index (κ1) is 19.8. The van der Waals surface area contributed by atoms with Crippen LogP contribution in [0.2, 0.25) is 0 Å². The van der Waals surface area contributed by atoms with Crippen molar-refractivity contribution in [2.75, 3.05) is 27.2 Å². The SMILES string of the molecule is CN(C)C(=O)CC1CCC2(CC1)CCN(C(=O)CCc1cncnc1)CC2. The molecule has 1 aliphatic carbocycles. The zero-order chi connectivity index (χ0) is 19.3. The van der Waals surface area contributed by atoms with E-state index < -0.39 is 0 Å². The Hall–Kier alpha value is -1.98. The number of hydrogen-bond donors (Lipinski definition) is 0. The molecule has 6 nitrogen and oxygen atoms in total. The molecule has 0 bridgehead atoms. The fourth-order valence-electron chi connectivity index (χ4n) is 4.52. The smallest absolute Gasteiger partial charge is 0.222 e. The van der Waals surface area contributed by atoms with Gasteiger partial charge < -0.3 is 9.80 Å². The summed E-state index contributed by atoms with van der Waals surface area (Å²) in [5.74, 6) is 1.04. The fourth-order valence-corrected chi connectivity index (χ4v) is 4.52. The Morgan fingerprint density at radius 1 is 1.11 bits per heavy atom. The topological polar surface area (TPSA) is 66.4 Å². The van der Waals surface area contributed by atoms with Crippen molar-refractivity contribution in [3.63, 3.8) is 0 Å². The van der Waals surface area contributed by atoms with Crippen molar-refractivity contribution in [1.82, 2.24) is 19.8 Å². The minimum absolute atomic E-state index is 0.249. The molecule has 3 rings (SSSR count). The predicted octanol–water partition coefficient (Wildman–Crippen LogP) is 2.69. The van der Waals surface area contributed by atoms with Crippen LogP contribution >= 0.6 is 0 Å². The Morgan fingerprint density at radius 2 is 1.74 bits per heavy atom. The molecule has 2 fully saturated rings. The van der Waals surface area contributed by atoms with Crippen molar-refractivity contribution < 1.29 is 9.59 Å². The number of piperidine rings is 1. The van der Waals surface area contributed by atoms with Crippen LogP contribution in [0.4, 0.5) is 0 Å². The molecule has 0 radical (unpaired) electrons. The van der Waals surface area contributed by atoms with E-state index in [4.69, 9.17) is 0 Å². The number of aromatic nitrogens is 2. The number of rotatable bonds is 5. The van der Waals surface area contributed by atoms with Gasteiger partial charge in [-0.15, -0.1) is 0 Å². The fraction of sp³-hybridized carbons (Fsp3) is 0.714. The summed E-state index contributed by atoms with van der Waals surface area (Å²) in [6.45, 7) is 1.76. The Labute approximate surface area is 162 Å². The van der Waals surface area contributed by atoms with Gasteiger partial charge in [-0.05, 0) is 61.8 Å². The molecule has 27 heavy (non-hydrogen) atoms. The van der Waals surface area contributed by atoms with Crippen LogP contribution in [0, 0.1) is 11.3 Å². The lowest BCUT2D eigenvalue weighted by molar-refractivity contribution is -0.134. The van der Waals surface area contributed by atoms with Gasteiger partial charge in [-0.1, -0.05) is 0 Å². The lowest BCUT2D eigenvalue weighted by Gasteiger charge is -2.46. The summed E-state index contributed by atoms with van der Waals surface area (Å²) in [5.41, 5.74) is 1.42. The monoisotopic (exact) mass is 372 g/mol. The van der Waals surface area contributed by atoms with E-state index in [0.29, 0.717) is 30.6 Å². The molecule has 1 aromatic heterocycles. The van der Waals surface area contributed by atoms with E-state index in [1.165, 1.54) is 19.2 Å². The van der Waals surface area contributed by atoms with Gasteiger partial charge in [0.2, 0.25) is 11.8 Å². The standard InChI is InChI=1S/C21H32N4O2/c1-24(2)20(27)13-17-5-7-21(8-6-17)9-11-25(12-10-21)19(26)4-3-18-14-22-16-23-15-18/h14-17H,3-13H2,1-2H3. The zero-order valence-electron chi connectivity index (χ0n) is 16.7. The van der Waals surface area contributed by atoms with Gasteiger partial charge in [-0.2, -0.15) is 0 Å². The maximum absolute atomic E-state index is 12.5. The van der Waals surface area contributed by atoms with Gasteiger partial charge >= 0.3 is 0 Å². The number of carbonyl (C=O) groups excluding carboxylic acids is 2. The van der Waals surface area contributed by atoms with Crippen molar-refractivity contribution in [3.05, 3.63) is 24.3 Å². The first-order chi connectivity index (χ1) is 13.0. The van der Waals surface area contributed by atoms with Crippen LogP contribution in [0.15, 0.2) is 18.7 Å². The number of nitrogens with zero attached hydrogens (tertiary/aromatic N) is 4. The van der Waals surface area contributed by atoms with Gasteiger partial charge in [-0.3, -0.25) is 9.59 Å². The first-order valence-corrected chi connectivity index (χ1v) is 10.2. The van der Waals surface area contributed by atoms with Crippen molar-refractivity contribution >= 4 is 11.8 Å². The number of likely N-dealkylation sites (tertiary alicyclic amines) is 1. The number of hydrogen-bond acceptors (Lipinski definition) is 4. The molecule has 2 heterocycles. The summed E-state index contributed by atoms with van der Waals surface area (Å²) in [6.07, 6.45) is 14.0. The average molecular weight is 373 g/mol. The van der Waals surface area contributed by atoms with E-state index in [1.807, 2.05) is 19.0 Å². The third-order valence-corrected chi connectivity index (χ3v) is 6.55. The maximum Gasteiger partial charge on any atom is 0.222 e. The van der Waals surface area contributed by atoms with E-state index in [1.54, 1.807) is 17.3 Å². The van der Waals surface area contributed by atoms with Crippen molar-refractivity contribution in [1.29, 1.82) is 0 Å². The van der Waals surface area contributed by atoms with E-state index in [2.05, 4.69) is 9.97 Å². The second-order valence-corrected chi connectivity index (χ2v) is 8.56. The molecule has 0 aromatic carbocycles. The molecular formula is C21H32N4O2. The minimum Gasteiger partial charge on any atom is -0.349 e. The summed E-state index contributed by atoms with van der Waals surface area (Å²) in [7, 11) is 3.68. The second-order valence-electron chi connectivity index (χ2n) is 8.56. The molecule has 1 aliphatic heterocycles. The number of carbonyl (C=O) groups is 2. The van der Waals surface area contributed by atoms with Crippen LogP contribution in [0.25, 0.3) is 0 Å². The normalized spacial score (nSPS) is 19.9. The average Bonchev–Trinajstić information content (AvgIpc) is 2.69. The maximum atomic E-state index is 12.5. The van der Waals surface area contributed by atoms with Gasteiger partial charge in [0.15, 0.2) is 0 Å². The number of aryl methyl sites for hydroxylation is 1. The Kier molecular flexibility index (Phi) is 6.45. The van der Waals surface area contributed by atoms with Gasteiger partial charge in [0.25, 0.3) is 0 Å². The first-order valence-electron chi connectivity index (χ1n) is 10.2. The van der Waals surface area contributed by atoms with E-state index >= 15 is 0 Å².